The highest BCUT2D eigenvalue weighted by Gasteiger charge is 1.93. The van der Waals surface area contributed by atoms with E-state index in [9.17, 15) is 0 Å². The van der Waals surface area contributed by atoms with Crippen LogP contribution in [0.15, 0.2) is 0 Å². The lowest BCUT2D eigenvalue weighted by Crippen LogP contribution is -1.98. The van der Waals surface area contributed by atoms with Crippen LogP contribution in [-0.4, -0.2) is 16.4 Å². The molecule has 16 heavy (non-hydrogen) atoms. The third-order valence-electron chi connectivity index (χ3n) is 2.85. The molecular weight excluding hydrogens is 212 g/mol. The van der Waals surface area contributed by atoms with E-state index in [1.165, 1.54) is 70.3 Å². The second-order valence-corrected chi connectivity index (χ2v) is 5.81. The van der Waals surface area contributed by atoms with Gasteiger partial charge in [0.2, 0.25) is 9.76 Å². The largest absolute Gasteiger partial charge is 0.417 e. The summed E-state index contributed by atoms with van der Waals surface area (Å²) >= 11 is 0. The molecule has 0 bridgehead atoms. The molecule has 0 aromatic heterocycles. The first kappa shape index (κ1) is 16.2. The van der Waals surface area contributed by atoms with Crippen molar-refractivity contribution in [3.8, 4) is 0 Å². The Bertz CT molecular complexity index is 103. The first-order valence-corrected chi connectivity index (χ1v) is 8.38. The summed E-state index contributed by atoms with van der Waals surface area (Å²) in [6.07, 6.45) is 14.1. The van der Waals surface area contributed by atoms with Gasteiger partial charge in [-0.2, -0.15) is 0 Å². The van der Waals surface area contributed by atoms with E-state index in [2.05, 4.69) is 13.8 Å². The lowest BCUT2D eigenvalue weighted by atomic mass is 10.1. The van der Waals surface area contributed by atoms with Crippen LogP contribution in [0, 0.1) is 0 Å². The molecule has 2 radical (unpaired) electrons. The molecule has 0 heterocycles. The molecule has 96 valence electrons. The lowest BCUT2D eigenvalue weighted by Gasteiger charge is -2.02. The first-order valence-electron chi connectivity index (χ1n) is 7.26. The second-order valence-electron chi connectivity index (χ2n) is 4.53. The van der Waals surface area contributed by atoms with Crippen molar-refractivity contribution in [2.45, 2.75) is 84.1 Å². The van der Waals surface area contributed by atoms with E-state index in [1.54, 1.807) is 0 Å². The van der Waals surface area contributed by atoms with Gasteiger partial charge in [-0.3, -0.25) is 0 Å². The van der Waals surface area contributed by atoms with Gasteiger partial charge in [0.1, 0.15) is 0 Å². The van der Waals surface area contributed by atoms with E-state index in [0.717, 1.165) is 16.4 Å². The molecule has 0 aromatic carbocycles. The van der Waals surface area contributed by atoms with Crippen LogP contribution in [0.5, 0.6) is 0 Å². The van der Waals surface area contributed by atoms with Crippen molar-refractivity contribution in [2.24, 2.45) is 0 Å². The fourth-order valence-electron chi connectivity index (χ4n) is 1.84. The van der Waals surface area contributed by atoms with Crippen LogP contribution >= 0.6 is 0 Å². The van der Waals surface area contributed by atoms with E-state index in [4.69, 9.17) is 4.43 Å². The molecular formula is C14H30OSi. The van der Waals surface area contributed by atoms with Crippen LogP contribution in [0.1, 0.15) is 78.1 Å². The molecule has 0 aliphatic rings. The van der Waals surface area contributed by atoms with Crippen molar-refractivity contribution in [2.75, 3.05) is 6.61 Å². The van der Waals surface area contributed by atoms with Crippen molar-refractivity contribution >= 4 is 9.76 Å². The van der Waals surface area contributed by atoms with Crippen molar-refractivity contribution < 1.29 is 4.43 Å². The number of unbranched alkanes of at least 4 members (excludes halogenated alkanes) is 9. The summed E-state index contributed by atoms with van der Waals surface area (Å²) in [6.45, 7) is 5.45. The molecule has 0 saturated heterocycles. The summed E-state index contributed by atoms with van der Waals surface area (Å²) in [5, 5.41) is 0. The molecule has 0 unspecified atom stereocenters. The molecule has 0 aliphatic carbocycles. The van der Waals surface area contributed by atoms with Crippen molar-refractivity contribution in [1.29, 1.82) is 0 Å². The molecule has 1 nitrogen and oxygen atoms in total. The predicted molar refractivity (Wildman–Crippen MR) is 74.0 cm³/mol. The van der Waals surface area contributed by atoms with Gasteiger partial charge in [-0.25, -0.2) is 0 Å². The topological polar surface area (TPSA) is 9.23 Å². The summed E-state index contributed by atoms with van der Waals surface area (Å²) in [6, 6.07) is 1.18. The number of hydrogen-bond donors (Lipinski definition) is 0. The van der Waals surface area contributed by atoms with Gasteiger partial charge >= 0.3 is 0 Å². The summed E-state index contributed by atoms with van der Waals surface area (Å²) in [4.78, 5) is 0. The smallest absolute Gasteiger partial charge is 0.229 e. The minimum absolute atomic E-state index is 0.727. The average Bonchev–Trinajstić information content (AvgIpc) is 2.31. The summed E-state index contributed by atoms with van der Waals surface area (Å²) in [5.74, 6) is 0. The number of hydrogen-bond acceptors (Lipinski definition) is 1. The fourth-order valence-corrected chi connectivity index (χ4v) is 2.33. The van der Waals surface area contributed by atoms with E-state index >= 15 is 0 Å². The Morgan fingerprint density at radius 1 is 0.688 bits per heavy atom. The zero-order valence-corrected chi connectivity index (χ0v) is 12.4. The van der Waals surface area contributed by atoms with Gasteiger partial charge in [0.15, 0.2) is 0 Å². The zero-order chi connectivity index (χ0) is 11.9. The van der Waals surface area contributed by atoms with Crippen molar-refractivity contribution in [1.82, 2.24) is 0 Å². The van der Waals surface area contributed by atoms with Crippen LogP contribution < -0.4 is 0 Å². The normalized spacial score (nSPS) is 10.9. The van der Waals surface area contributed by atoms with Crippen LogP contribution in [0.2, 0.25) is 6.04 Å². The van der Waals surface area contributed by atoms with Gasteiger partial charge < -0.3 is 4.43 Å². The van der Waals surface area contributed by atoms with E-state index in [1.807, 2.05) is 0 Å². The van der Waals surface area contributed by atoms with Gasteiger partial charge in [-0.15, -0.1) is 0 Å². The molecule has 0 rings (SSSR count). The Kier molecular flexibility index (Phi) is 15.3. The van der Waals surface area contributed by atoms with Crippen molar-refractivity contribution in [3.63, 3.8) is 0 Å². The Hall–Kier alpha value is 0.177. The minimum Gasteiger partial charge on any atom is -0.417 e. The van der Waals surface area contributed by atoms with Gasteiger partial charge in [0.05, 0.1) is 0 Å². The van der Waals surface area contributed by atoms with Gasteiger partial charge in [-0.05, 0) is 12.5 Å². The molecule has 0 N–H and O–H groups in total. The third-order valence-corrected chi connectivity index (χ3v) is 3.54. The molecule has 0 aliphatic heterocycles. The maximum atomic E-state index is 5.48. The SMILES string of the molecule is CCCCCCCCCCCCO[Si]CC. The monoisotopic (exact) mass is 242 g/mol. The third kappa shape index (κ3) is 14.2. The standard InChI is InChI=1S/C14H30OSi/c1-3-5-6-7-8-9-10-11-12-13-14-15-16-4-2/h3-14H2,1-2H3. The lowest BCUT2D eigenvalue weighted by molar-refractivity contribution is 0.320. The molecule has 0 atom stereocenters. The minimum atomic E-state index is 0.727. The Morgan fingerprint density at radius 2 is 1.19 bits per heavy atom. The predicted octanol–water partition coefficient (Wildman–Crippen LogP) is 4.98. The molecule has 0 amide bonds. The molecule has 0 saturated carbocycles. The van der Waals surface area contributed by atoms with Crippen LogP contribution in [0.25, 0.3) is 0 Å². The Morgan fingerprint density at radius 3 is 1.69 bits per heavy atom. The maximum absolute atomic E-state index is 5.48. The molecule has 0 spiro atoms. The summed E-state index contributed by atoms with van der Waals surface area (Å²) in [7, 11) is 0.727. The Balaban J connectivity index is 2.83. The van der Waals surface area contributed by atoms with Crippen LogP contribution in [0.3, 0.4) is 0 Å². The zero-order valence-electron chi connectivity index (χ0n) is 11.4. The second kappa shape index (κ2) is 15.2. The van der Waals surface area contributed by atoms with E-state index in [-0.39, 0.29) is 0 Å². The van der Waals surface area contributed by atoms with Crippen LogP contribution in [-0.2, 0) is 4.43 Å². The quantitative estimate of drug-likeness (QED) is 0.327. The highest BCUT2D eigenvalue weighted by molar-refractivity contribution is 6.26. The fraction of sp³-hybridized carbons (Fsp3) is 1.00. The highest BCUT2D eigenvalue weighted by Crippen LogP contribution is 2.10. The first-order chi connectivity index (χ1) is 7.91. The van der Waals surface area contributed by atoms with Crippen LogP contribution in [0.4, 0.5) is 0 Å². The van der Waals surface area contributed by atoms with Gasteiger partial charge in [-0.1, -0.05) is 71.6 Å². The van der Waals surface area contributed by atoms with E-state index < -0.39 is 0 Å². The van der Waals surface area contributed by atoms with Gasteiger partial charge in [0, 0.05) is 6.61 Å². The van der Waals surface area contributed by atoms with E-state index in [0.29, 0.717) is 0 Å². The molecule has 0 aromatic rings. The molecule has 0 fully saturated rings. The Labute approximate surface area is 105 Å². The summed E-state index contributed by atoms with van der Waals surface area (Å²) in [5.41, 5.74) is 0. The summed E-state index contributed by atoms with van der Waals surface area (Å²) < 4.78 is 5.48. The van der Waals surface area contributed by atoms with Gasteiger partial charge in [0.25, 0.3) is 0 Å². The number of rotatable bonds is 13. The maximum Gasteiger partial charge on any atom is 0.229 e. The molecule has 2 heteroatoms. The average molecular weight is 242 g/mol. The highest BCUT2D eigenvalue weighted by atomic mass is 28.2. The van der Waals surface area contributed by atoms with Crippen molar-refractivity contribution in [3.05, 3.63) is 0 Å².